The SMILES string of the molecule is CCN1CCN(CCCCNC(=O)NC2CCCCCC2)CC1. The summed E-state index contributed by atoms with van der Waals surface area (Å²) in [6.07, 6.45) is 9.72. The van der Waals surface area contributed by atoms with Crippen molar-refractivity contribution in [2.75, 3.05) is 45.8 Å². The minimum Gasteiger partial charge on any atom is -0.338 e. The summed E-state index contributed by atoms with van der Waals surface area (Å²) in [5.74, 6) is 0. The van der Waals surface area contributed by atoms with E-state index in [-0.39, 0.29) is 6.03 Å². The molecule has 2 amide bonds. The average Bonchev–Trinajstić information content (AvgIpc) is 2.84. The van der Waals surface area contributed by atoms with Crippen molar-refractivity contribution in [2.45, 2.75) is 64.3 Å². The van der Waals surface area contributed by atoms with E-state index in [1.165, 1.54) is 71.4 Å². The number of piperazine rings is 1. The van der Waals surface area contributed by atoms with Crippen LogP contribution in [0.4, 0.5) is 4.79 Å². The van der Waals surface area contributed by atoms with Crippen LogP contribution >= 0.6 is 0 Å². The van der Waals surface area contributed by atoms with Crippen LogP contribution in [0.5, 0.6) is 0 Å². The molecular formula is C18H36N4O. The summed E-state index contributed by atoms with van der Waals surface area (Å²) in [6, 6.07) is 0.431. The molecule has 2 aliphatic rings. The molecule has 0 aromatic heterocycles. The molecule has 2 rings (SSSR count). The number of hydrogen-bond donors (Lipinski definition) is 2. The molecule has 1 aliphatic heterocycles. The summed E-state index contributed by atoms with van der Waals surface area (Å²) in [5.41, 5.74) is 0. The average molecular weight is 325 g/mol. The summed E-state index contributed by atoms with van der Waals surface area (Å²) in [6.45, 7) is 10.2. The number of hydrogen-bond acceptors (Lipinski definition) is 3. The van der Waals surface area contributed by atoms with Crippen LogP contribution in [0, 0.1) is 0 Å². The smallest absolute Gasteiger partial charge is 0.315 e. The zero-order valence-corrected chi connectivity index (χ0v) is 15.0. The maximum absolute atomic E-state index is 11.9. The normalized spacial score (nSPS) is 21.8. The summed E-state index contributed by atoms with van der Waals surface area (Å²) in [4.78, 5) is 17.0. The van der Waals surface area contributed by atoms with Gasteiger partial charge in [-0.2, -0.15) is 0 Å². The van der Waals surface area contributed by atoms with E-state index in [1.807, 2.05) is 0 Å². The Morgan fingerprint density at radius 1 is 0.957 bits per heavy atom. The van der Waals surface area contributed by atoms with Crippen LogP contribution in [0.2, 0.25) is 0 Å². The van der Waals surface area contributed by atoms with Gasteiger partial charge in [0.1, 0.15) is 0 Å². The van der Waals surface area contributed by atoms with Gasteiger partial charge >= 0.3 is 6.03 Å². The number of likely N-dealkylation sites (N-methyl/N-ethyl adjacent to an activating group) is 1. The van der Waals surface area contributed by atoms with Crippen molar-refractivity contribution < 1.29 is 4.79 Å². The quantitative estimate of drug-likeness (QED) is 0.558. The van der Waals surface area contributed by atoms with E-state index >= 15 is 0 Å². The summed E-state index contributed by atoms with van der Waals surface area (Å²) in [5, 5.41) is 6.17. The second-order valence-corrected chi connectivity index (χ2v) is 7.07. The van der Waals surface area contributed by atoms with Crippen molar-refractivity contribution in [3.63, 3.8) is 0 Å². The molecule has 134 valence electrons. The van der Waals surface area contributed by atoms with Gasteiger partial charge < -0.3 is 20.4 Å². The van der Waals surface area contributed by atoms with E-state index in [1.54, 1.807) is 0 Å². The van der Waals surface area contributed by atoms with Gasteiger partial charge in [-0.3, -0.25) is 0 Å². The first kappa shape index (κ1) is 18.5. The first-order valence-corrected chi connectivity index (χ1v) is 9.77. The van der Waals surface area contributed by atoms with Crippen molar-refractivity contribution in [2.24, 2.45) is 0 Å². The van der Waals surface area contributed by atoms with Crippen LogP contribution in [0.25, 0.3) is 0 Å². The number of amides is 2. The zero-order valence-electron chi connectivity index (χ0n) is 15.0. The molecule has 2 fully saturated rings. The van der Waals surface area contributed by atoms with E-state index in [0.717, 1.165) is 25.8 Å². The number of nitrogens with zero attached hydrogens (tertiary/aromatic N) is 2. The molecule has 2 N–H and O–H groups in total. The molecule has 0 aromatic rings. The van der Waals surface area contributed by atoms with Gasteiger partial charge in [0, 0.05) is 38.8 Å². The van der Waals surface area contributed by atoms with E-state index in [4.69, 9.17) is 0 Å². The lowest BCUT2D eigenvalue weighted by atomic mass is 10.1. The van der Waals surface area contributed by atoms with Gasteiger partial charge in [0.05, 0.1) is 0 Å². The highest BCUT2D eigenvalue weighted by Crippen LogP contribution is 2.16. The fourth-order valence-corrected chi connectivity index (χ4v) is 3.65. The Hall–Kier alpha value is -0.810. The maximum atomic E-state index is 11.9. The Kier molecular flexibility index (Phi) is 8.76. The lowest BCUT2D eigenvalue weighted by Crippen LogP contribution is -2.46. The predicted octanol–water partition coefficient (Wildman–Crippen LogP) is 2.43. The standard InChI is InChI=1S/C18H36N4O/c1-2-21-13-15-22(16-14-21)12-8-7-11-19-18(23)20-17-9-5-3-4-6-10-17/h17H,2-16H2,1H3,(H2,19,20,23). The Morgan fingerprint density at radius 3 is 2.26 bits per heavy atom. The fraction of sp³-hybridized carbons (Fsp3) is 0.944. The van der Waals surface area contributed by atoms with E-state index in [9.17, 15) is 4.79 Å². The third-order valence-electron chi connectivity index (χ3n) is 5.29. The van der Waals surface area contributed by atoms with Gasteiger partial charge in [0.2, 0.25) is 0 Å². The Bertz CT molecular complexity index is 321. The maximum Gasteiger partial charge on any atom is 0.315 e. The largest absolute Gasteiger partial charge is 0.338 e. The highest BCUT2D eigenvalue weighted by Gasteiger charge is 2.15. The number of urea groups is 1. The van der Waals surface area contributed by atoms with E-state index in [2.05, 4.69) is 27.4 Å². The van der Waals surface area contributed by atoms with Crippen LogP contribution in [0.15, 0.2) is 0 Å². The molecule has 1 aliphatic carbocycles. The first-order chi connectivity index (χ1) is 11.3. The summed E-state index contributed by atoms with van der Waals surface area (Å²) >= 11 is 0. The Morgan fingerprint density at radius 2 is 1.61 bits per heavy atom. The molecule has 5 nitrogen and oxygen atoms in total. The third kappa shape index (κ3) is 7.53. The monoisotopic (exact) mass is 324 g/mol. The third-order valence-corrected chi connectivity index (χ3v) is 5.29. The molecule has 0 atom stereocenters. The zero-order chi connectivity index (χ0) is 16.3. The van der Waals surface area contributed by atoms with Crippen LogP contribution < -0.4 is 10.6 Å². The van der Waals surface area contributed by atoms with Crippen LogP contribution in [0.1, 0.15) is 58.3 Å². The molecular weight excluding hydrogens is 288 g/mol. The summed E-state index contributed by atoms with van der Waals surface area (Å²) < 4.78 is 0. The predicted molar refractivity (Wildman–Crippen MR) is 95.8 cm³/mol. The van der Waals surface area contributed by atoms with Crippen molar-refractivity contribution in [1.82, 2.24) is 20.4 Å². The molecule has 0 spiro atoms. The fourth-order valence-electron chi connectivity index (χ4n) is 3.65. The van der Waals surface area contributed by atoms with Crippen molar-refractivity contribution in [3.05, 3.63) is 0 Å². The highest BCUT2D eigenvalue weighted by atomic mass is 16.2. The van der Waals surface area contributed by atoms with Crippen molar-refractivity contribution in [3.8, 4) is 0 Å². The summed E-state index contributed by atoms with van der Waals surface area (Å²) in [7, 11) is 0. The number of nitrogens with one attached hydrogen (secondary N) is 2. The van der Waals surface area contributed by atoms with Crippen molar-refractivity contribution in [1.29, 1.82) is 0 Å². The molecule has 0 bridgehead atoms. The molecule has 0 aromatic carbocycles. The first-order valence-electron chi connectivity index (χ1n) is 9.77. The molecule has 1 heterocycles. The molecule has 23 heavy (non-hydrogen) atoms. The van der Waals surface area contributed by atoms with Gasteiger partial charge in [-0.15, -0.1) is 0 Å². The number of rotatable bonds is 7. The molecule has 1 saturated carbocycles. The topological polar surface area (TPSA) is 47.6 Å². The number of carbonyl (C=O) groups is 1. The second kappa shape index (κ2) is 10.9. The number of carbonyl (C=O) groups excluding carboxylic acids is 1. The lowest BCUT2D eigenvalue weighted by Gasteiger charge is -2.33. The minimum atomic E-state index is 0.0356. The molecule has 0 radical (unpaired) electrons. The Labute approximate surface area is 142 Å². The molecule has 0 unspecified atom stereocenters. The lowest BCUT2D eigenvalue weighted by molar-refractivity contribution is 0.135. The minimum absolute atomic E-state index is 0.0356. The Balaban J connectivity index is 1.46. The van der Waals surface area contributed by atoms with E-state index < -0.39 is 0 Å². The van der Waals surface area contributed by atoms with Gasteiger partial charge in [0.15, 0.2) is 0 Å². The van der Waals surface area contributed by atoms with Gasteiger partial charge in [-0.1, -0.05) is 32.6 Å². The number of unbranched alkanes of at least 4 members (excludes halogenated alkanes) is 1. The second-order valence-electron chi connectivity index (χ2n) is 7.07. The van der Waals surface area contributed by atoms with Gasteiger partial charge in [0.25, 0.3) is 0 Å². The van der Waals surface area contributed by atoms with Gasteiger partial charge in [-0.25, -0.2) is 4.79 Å². The molecule has 1 saturated heterocycles. The van der Waals surface area contributed by atoms with Crippen molar-refractivity contribution >= 4 is 6.03 Å². The van der Waals surface area contributed by atoms with Crippen LogP contribution in [-0.4, -0.2) is 67.7 Å². The van der Waals surface area contributed by atoms with E-state index in [0.29, 0.717) is 6.04 Å². The highest BCUT2D eigenvalue weighted by molar-refractivity contribution is 5.74. The van der Waals surface area contributed by atoms with Crippen LogP contribution in [-0.2, 0) is 0 Å². The van der Waals surface area contributed by atoms with Crippen LogP contribution in [0.3, 0.4) is 0 Å². The van der Waals surface area contributed by atoms with Gasteiger partial charge in [-0.05, 0) is 38.8 Å². The molecule has 5 heteroatoms.